The maximum Gasteiger partial charge on any atom is 0.258 e. The van der Waals surface area contributed by atoms with Crippen molar-refractivity contribution in [2.24, 2.45) is 0 Å². The maximum atomic E-state index is 6.54. The zero-order valence-electron chi connectivity index (χ0n) is 14.1. The molecule has 0 radical (unpaired) electrons. The van der Waals surface area contributed by atoms with E-state index >= 15 is 0 Å². The molecule has 0 saturated heterocycles. The SMILES string of the molecule is COc1ccc2c(c1)SC1(Oc3c(cccc3OC)C=C1C)N2C. The summed E-state index contributed by atoms with van der Waals surface area (Å²) in [4.78, 5) is 3.32. The molecule has 0 aliphatic carbocycles. The van der Waals surface area contributed by atoms with E-state index < -0.39 is 5.06 Å². The van der Waals surface area contributed by atoms with Crippen LogP contribution < -0.4 is 19.1 Å². The number of likely N-dealkylation sites (N-methyl/N-ethyl adjacent to an activating group) is 1. The van der Waals surface area contributed by atoms with Crippen LogP contribution in [0.3, 0.4) is 0 Å². The molecular formula is C19H19NO3S. The molecule has 0 fully saturated rings. The highest BCUT2D eigenvalue weighted by Crippen LogP contribution is 2.57. The first-order valence-electron chi connectivity index (χ1n) is 7.75. The van der Waals surface area contributed by atoms with Crippen LogP contribution in [0.5, 0.6) is 17.2 Å². The van der Waals surface area contributed by atoms with Crippen LogP contribution in [0.25, 0.3) is 6.08 Å². The quantitative estimate of drug-likeness (QED) is 0.808. The van der Waals surface area contributed by atoms with Gasteiger partial charge in [-0.15, -0.1) is 0 Å². The molecule has 1 atom stereocenters. The zero-order chi connectivity index (χ0) is 16.9. The van der Waals surface area contributed by atoms with E-state index in [1.54, 1.807) is 26.0 Å². The molecule has 1 unspecified atom stereocenters. The van der Waals surface area contributed by atoms with Crippen molar-refractivity contribution in [3.63, 3.8) is 0 Å². The molecule has 2 aromatic rings. The summed E-state index contributed by atoms with van der Waals surface area (Å²) in [5, 5.41) is -0.601. The predicted octanol–water partition coefficient (Wildman–Crippen LogP) is 4.40. The zero-order valence-corrected chi connectivity index (χ0v) is 14.9. The second kappa shape index (κ2) is 5.38. The van der Waals surface area contributed by atoms with Gasteiger partial charge in [-0.05, 0) is 49.0 Å². The van der Waals surface area contributed by atoms with Crippen LogP contribution in [0.1, 0.15) is 12.5 Å². The number of methoxy groups -OCH3 is 2. The van der Waals surface area contributed by atoms with Crippen molar-refractivity contribution >= 4 is 23.5 Å². The Kier molecular flexibility index (Phi) is 3.42. The Bertz CT molecular complexity index is 849. The minimum atomic E-state index is -0.601. The first-order valence-corrected chi connectivity index (χ1v) is 8.56. The van der Waals surface area contributed by atoms with Gasteiger partial charge >= 0.3 is 0 Å². The number of rotatable bonds is 2. The lowest BCUT2D eigenvalue weighted by atomic mass is 10.0. The lowest BCUT2D eigenvalue weighted by Crippen LogP contribution is -2.48. The highest BCUT2D eigenvalue weighted by molar-refractivity contribution is 8.01. The number of ether oxygens (including phenoxy) is 3. The van der Waals surface area contributed by atoms with Crippen molar-refractivity contribution in [2.45, 2.75) is 16.9 Å². The van der Waals surface area contributed by atoms with E-state index in [-0.39, 0.29) is 0 Å². The van der Waals surface area contributed by atoms with Crippen LogP contribution in [0.4, 0.5) is 5.69 Å². The standard InChI is InChI=1S/C19H19NO3S/c1-12-10-13-6-5-7-16(22-4)18(13)23-19(12)20(2)15-9-8-14(21-3)11-17(15)24-19/h5-11H,1-4H3. The van der Waals surface area contributed by atoms with E-state index in [1.165, 1.54) is 0 Å². The largest absolute Gasteiger partial charge is 0.497 e. The van der Waals surface area contributed by atoms with Crippen LogP contribution in [0.15, 0.2) is 46.9 Å². The summed E-state index contributed by atoms with van der Waals surface area (Å²) in [5.74, 6) is 2.38. The van der Waals surface area contributed by atoms with E-state index in [4.69, 9.17) is 14.2 Å². The molecule has 1 spiro atoms. The van der Waals surface area contributed by atoms with Crippen molar-refractivity contribution < 1.29 is 14.2 Å². The van der Waals surface area contributed by atoms with Crippen LogP contribution in [-0.4, -0.2) is 26.3 Å². The average molecular weight is 341 g/mol. The normalized spacial score (nSPS) is 21.0. The van der Waals surface area contributed by atoms with Gasteiger partial charge < -0.3 is 19.1 Å². The van der Waals surface area contributed by atoms with E-state index in [9.17, 15) is 0 Å². The summed E-state index contributed by atoms with van der Waals surface area (Å²) >= 11 is 1.69. The Morgan fingerprint density at radius 1 is 1.12 bits per heavy atom. The third-order valence-corrected chi connectivity index (χ3v) is 6.06. The van der Waals surface area contributed by atoms with Crippen LogP contribution in [-0.2, 0) is 0 Å². The second-order valence-electron chi connectivity index (χ2n) is 5.88. The number of hydrogen-bond donors (Lipinski definition) is 0. The summed E-state index contributed by atoms with van der Waals surface area (Å²) in [6.07, 6.45) is 2.17. The van der Waals surface area contributed by atoms with Gasteiger partial charge in [-0.1, -0.05) is 12.1 Å². The Hall–Kier alpha value is -2.27. The number of fused-ring (bicyclic) bond motifs is 2. The molecule has 0 N–H and O–H groups in total. The molecule has 0 saturated carbocycles. The van der Waals surface area contributed by atoms with Crippen molar-refractivity contribution in [1.82, 2.24) is 0 Å². The molecule has 0 aromatic heterocycles. The number of hydrogen-bond acceptors (Lipinski definition) is 5. The first kappa shape index (κ1) is 15.3. The van der Waals surface area contributed by atoms with Gasteiger partial charge in [0.15, 0.2) is 11.5 Å². The molecule has 4 nitrogen and oxygen atoms in total. The van der Waals surface area contributed by atoms with Crippen molar-refractivity contribution in [3.05, 3.63) is 47.5 Å². The lowest BCUT2D eigenvalue weighted by Gasteiger charge is -2.40. The minimum Gasteiger partial charge on any atom is -0.497 e. The number of thioether (sulfide) groups is 1. The van der Waals surface area contributed by atoms with Crippen molar-refractivity contribution in [2.75, 3.05) is 26.2 Å². The van der Waals surface area contributed by atoms with Crippen molar-refractivity contribution in [1.29, 1.82) is 0 Å². The van der Waals surface area contributed by atoms with E-state index in [1.807, 2.05) is 24.3 Å². The smallest absolute Gasteiger partial charge is 0.258 e. The summed E-state index contributed by atoms with van der Waals surface area (Å²) in [5.41, 5.74) is 3.32. The van der Waals surface area contributed by atoms with Gasteiger partial charge in [0.1, 0.15) is 5.75 Å². The Balaban J connectivity index is 1.82. The number of anilines is 1. The third-order valence-electron chi connectivity index (χ3n) is 4.56. The van der Waals surface area contributed by atoms with E-state index in [0.29, 0.717) is 0 Å². The number of para-hydroxylation sites is 1. The van der Waals surface area contributed by atoms with Gasteiger partial charge in [-0.25, -0.2) is 0 Å². The van der Waals surface area contributed by atoms with Gasteiger partial charge in [0, 0.05) is 23.1 Å². The van der Waals surface area contributed by atoms with Crippen LogP contribution in [0.2, 0.25) is 0 Å². The fourth-order valence-electron chi connectivity index (χ4n) is 3.25. The van der Waals surface area contributed by atoms with Crippen molar-refractivity contribution in [3.8, 4) is 17.2 Å². The van der Waals surface area contributed by atoms with Gasteiger partial charge in [-0.2, -0.15) is 0 Å². The Labute approximate surface area is 146 Å². The maximum absolute atomic E-state index is 6.54. The van der Waals surface area contributed by atoms with Crippen LogP contribution in [0, 0.1) is 0 Å². The van der Waals surface area contributed by atoms with E-state index in [0.717, 1.165) is 39.0 Å². The molecule has 2 aromatic carbocycles. The monoisotopic (exact) mass is 341 g/mol. The van der Waals surface area contributed by atoms with Gasteiger partial charge in [-0.3, -0.25) is 0 Å². The molecule has 24 heavy (non-hydrogen) atoms. The Morgan fingerprint density at radius 2 is 1.96 bits per heavy atom. The summed E-state index contributed by atoms with van der Waals surface area (Å²) in [6, 6.07) is 12.1. The molecule has 0 amide bonds. The first-order chi connectivity index (χ1) is 11.6. The summed E-state index contributed by atoms with van der Waals surface area (Å²) in [6.45, 7) is 2.11. The lowest BCUT2D eigenvalue weighted by molar-refractivity contribution is 0.193. The third kappa shape index (κ3) is 2.01. The fraction of sp³-hybridized carbons (Fsp3) is 0.263. The fourth-order valence-corrected chi connectivity index (χ4v) is 4.61. The van der Waals surface area contributed by atoms with Gasteiger partial charge in [0.2, 0.25) is 0 Å². The Morgan fingerprint density at radius 3 is 2.71 bits per heavy atom. The molecule has 0 bridgehead atoms. The highest BCUT2D eigenvalue weighted by Gasteiger charge is 2.49. The van der Waals surface area contributed by atoms with Gasteiger partial charge in [0.05, 0.1) is 19.9 Å². The molecular weight excluding hydrogens is 322 g/mol. The molecule has 2 aliphatic heterocycles. The average Bonchev–Trinajstić information content (AvgIpc) is 2.88. The summed E-state index contributed by atoms with van der Waals surface area (Å²) in [7, 11) is 5.41. The predicted molar refractivity (Wildman–Crippen MR) is 97.3 cm³/mol. The number of nitrogens with zero attached hydrogens (tertiary/aromatic N) is 1. The number of benzene rings is 2. The molecule has 2 heterocycles. The topological polar surface area (TPSA) is 30.9 Å². The summed E-state index contributed by atoms with van der Waals surface area (Å²) < 4.78 is 17.4. The minimum absolute atomic E-state index is 0.601. The second-order valence-corrected chi connectivity index (χ2v) is 7.08. The highest BCUT2D eigenvalue weighted by atomic mass is 32.2. The molecule has 4 rings (SSSR count). The molecule has 5 heteroatoms. The van der Waals surface area contributed by atoms with E-state index in [2.05, 4.69) is 37.1 Å². The molecule has 124 valence electrons. The van der Waals surface area contributed by atoms with Crippen LogP contribution >= 0.6 is 11.8 Å². The molecule has 2 aliphatic rings. The van der Waals surface area contributed by atoms with Gasteiger partial charge in [0.25, 0.3) is 5.06 Å².